The molecule has 0 aromatic heterocycles. The Hall–Kier alpha value is -1.75. The van der Waals surface area contributed by atoms with Gasteiger partial charge in [-0.05, 0) is 84.3 Å². The largest absolute Gasteiger partial charge is 0.492 e. The summed E-state index contributed by atoms with van der Waals surface area (Å²) in [5.74, 6) is 0.595. The second-order valence-corrected chi connectivity index (χ2v) is 8.83. The van der Waals surface area contributed by atoms with Crippen LogP contribution in [0.2, 0.25) is 0 Å². The second-order valence-electron chi connectivity index (χ2n) is 6.68. The van der Waals surface area contributed by atoms with Crippen LogP contribution < -0.4 is 9.47 Å². The van der Waals surface area contributed by atoms with Gasteiger partial charge in [0, 0.05) is 13.1 Å². The summed E-state index contributed by atoms with van der Waals surface area (Å²) in [5.41, 5.74) is 0.728. The first-order valence-electron chi connectivity index (χ1n) is 9.48. The van der Waals surface area contributed by atoms with Gasteiger partial charge in [0.25, 0.3) is 11.1 Å². The summed E-state index contributed by atoms with van der Waals surface area (Å²) in [5, 5.41) is -0.417. The van der Waals surface area contributed by atoms with Crippen LogP contribution in [0.4, 0.5) is 4.79 Å². The van der Waals surface area contributed by atoms with Gasteiger partial charge < -0.3 is 14.4 Å². The Labute approximate surface area is 187 Å². The number of nitrogens with zero attached hydrogens (tertiary/aromatic N) is 2. The molecular formula is C20H23IN2O5S. The van der Waals surface area contributed by atoms with Crippen LogP contribution in [0.15, 0.2) is 17.0 Å². The Kier molecular flexibility index (Phi) is 7.44. The summed E-state index contributed by atoms with van der Waals surface area (Å²) >= 11 is 2.99. The lowest BCUT2D eigenvalue weighted by molar-refractivity contribution is -0.136. The highest BCUT2D eigenvalue weighted by molar-refractivity contribution is 14.1. The third-order valence-electron chi connectivity index (χ3n) is 4.71. The number of benzene rings is 1. The topological polar surface area (TPSA) is 76.2 Å². The highest BCUT2D eigenvalue weighted by Gasteiger charge is 2.37. The van der Waals surface area contributed by atoms with Crippen LogP contribution in [0.5, 0.6) is 11.5 Å². The Balaban J connectivity index is 1.78. The molecular weight excluding hydrogens is 507 g/mol. The molecule has 2 aliphatic heterocycles. The molecule has 0 spiro atoms. The van der Waals surface area contributed by atoms with E-state index in [0.29, 0.717) is 36.1 Å². The summed E-state index contributed by atoms with van der Waals surface area (Å²) in [6, 6.07) is 3.63. The highest BCUT2D eigenvalue weighted by Crippen LogP contribution is 2.37. The molecule has 156 valence electrons. The fourth-order valence-corrected chi connectivity index (χ4v) is 4.98. The zero-order valence-electron chi connectivity index (χ0n) is 16.4. The van der Waals surface area contributed by atoms with Crippen molar-refractivity contribution < 1.29 is 23.9 Å². The quantitative estimate of drug-likeness (QED) is 0.412. The average Bonchev–Trinajstić information content (AvgIpc) is 2.96. The molecule has 2 aliphatic rings. The third kappa shape index (κ3) is 5.06. The molecule has 0 saturated carbocycles. The van der Waals surface area contributed by atoms with Crippen molar-refractivity contribution in [2.24, 2.45) is 0 Å². The number of hydrogen-bond acceptors (Lipinski definition) is 6. The summed E-state index contributed by atoms with van der Waals surface area (Å²) in [6.45, 7) is 3.53. The zero-order valence-corrected chi connectivity index (χ0v) is 19.4. The number of piperidine rings is 1. The molecule has 0 N–H and O–H groups in total. The van der Waals surface area contributed by atoms with Gasteiger partial charge in [0.15, 0.2) is 11.5 Å². The second kappa shape index (κ2) is 9.84. The van der Waals surface area contributed by atoms with Crippen LogP contribution in [0.1, 0.15) is 31.7 Å². The smallest absolute Gasteiger partial charge is 0.294 e. The van der Waals surface area contributed by atoms with Crippen LogP contribution in [0.3, 0.4) is 0 Å². The van der Waals surface area contributed by atoms with Gasteiger partial charge in [-0.25, -0.2) is 0 Å². The number of amides is 3. The predicted molar refractivity (Wildman–Crippen MR) is 120 cm³/mol. The lowest BCUT2D eigenvalue weighted by Gasteiger charge is -2.27. The van der Waals surface area contributed by atoms with Gasteiger partial charge in [-0.1, -0.05) is 0 Å². The lowest BCUT2D eigenvalue weighted by Crippen LogP contribution is -2.44. The van der Waals surface area contributed by atoms with Gasteiger partial charge in [0.2, 0.25) is 5.91 Å². The van der Waals surface area contributed by atoms with E-state index in [-0.39, 0.29) is 12.5 Å². The van der Waals surface area contributed by atoms with Crippen molar-refractivity contribution in [3.8, 4) is 11.5 Å². The summed E-state index contributed by atoms with van der Waals surface area (Å²) < 4.78 is 11.8. The Morgan fingerprint density at radius 3 is 2.62 bits per heavy atom. The van der Waals surface area contributed by atoms with Crippen molar-refractivity contribution in [3.05, 3.63) is 26.2 Å². The number of imide groups is 1. The average molecular weight is 530 g/mol. The first kappa shape index (κ1) is 21.9. The Bertz CT molecular complexity index is 852. The first-order valence-corrected chi connectivity index (χ1v) is 11.4. The number of thioether (sulfide) groups is 1. The van der Waals surface area contributed by atoms with E-state index in [1.807, 2.05) is 13.0 Å². The fourth-order valence-electron chi connectivity index (χ4n) is 3.30. The van der Waals surface area contributed by atoms with E-state index in [1.54, 1.807) is 24.2 Å². The van der Waals surface area contributed by atoms with Crippen molar-refractivity contribution in [3.63, 3.8) is 0 Å². The summed E-state index contributed by atoms with van der Waals surface area (Å²) in [4.78, 5) is 40.6. The van der Waals surface area contributed by atoms with Crippen LogP contribution in [0.25, 0.3) is 6.08 Å². The van der Waals surface area contributed by atoms with Crippen molar-refractivity contribution in [1.82, 2.24) is 9.80 Å². The highest BCUT2D eigenvalue weighted by atomic mass is 127. The zero-order chi connectivity index (χ0) is 21.0. The maximum Gasteiger partial charge on any atom is 0.294 e. The molecule has 29 heavy (non-hydrogen) atoms. The van der Waals surface area contributed by atoms with Crippen LogP contribution in [-0.2, 0) is 9.59 Å². The molecule has 1 aromatic carbocycles. The number of rotatable bonds is 6. The van der Waals surface area contributed by atoms with Gasteiger partial charge in [-0.15, -0.1) is 0 Å². The van der Waals surface area contributed by atoms with E-state index in [9.17, 15) is 14.4 Å². The SMILES string of the molecule is CCOc1cc(/C=C2\SC(=O)N(CC(=O)N3CCCCC3)C2=O)cc(I)c1OC. The molecule has 2 fully saturated rings. The molecule has 1 aromatic rings. The van der Waals surface area contributed by atoms with Gasteiger partial charge in [-0.2, -0.15) is 0 Å². The van der Waals surface area contributed by atoms with E-state index in [1.165, 1.54) is 0 Å². The van der Waals surface area contributed by atoms with Gasteiger partial charge >= 0.3 is 0 Å². The molecule has 3 amide bonds. The molecule has 0 unspecified atom stereocenters. The summed E-state index contributed by atoms with van der Waals surface area (Å²) in [7, 11) is 1.57. The van der Waals surface area contributed by atoms with E-state index < -0.39 is 11.1 Å². The predicted octanol–water partition coefficient (Wildman–Crippen LogP) is 3.75. The number of carbonyl (C=O) groups excluding carboxylic acids is 3. The molecule has 0 atom stereocenters. The van der Waals surface area contributed by atoms with Crippen molar-refractivity contribution in [2.45, 2.75) is 26.2 Å². The number of halogens is 1. The minimum Gasteiger partial charge on any atom is -0.492 e. The molecule has 9 heteroatoms. The summed E-state index contributed by atoms with van der Waals surface area (Å²) in [6.07, 6.45) is 4.69. The lowest BCUT2D eigenvalue weighted by atomic mass is 10.1. The van der Waals surface area contributed by atoms with E-state index in [4.69, 9.17) is 9.47 Å². The minimum absolute atomic E-state index is 0.175. The third-order valence-corrected chi connectivity index (χ3v) is 6.42. The number of carbonyl (C=O) groups is 3. The number of ether oxygens (including phenoxy) is 2. The standard InChI is InChI=1S/C20H23IN2O5S/c1-3-28-15-10-13(9-14(21)18(15)27-2)11-16-19(25)23(20(26)29-16)12-17(24)22-7-5-4-6-8-22/h9-11H,3-8,12H2,1-2H3/b16-11-. The van der Waals surface area contributed by atoms with Crippen LogP contribution in [-0.4, -0.2) is 60.2 Å². The van der Waals surface area contributed by atoms with Gasteiger partial charge in [-0.3, -0.25) is 19.3 Å². The molecule has 7 nitrogen and oxygen atoms in total. The van der Waals surface area contributed by atoms with Crippen molar-refractivity contribution in [2.75, 3.05) is 33.4 Å². The number of likely N-dealkylation sites (tertiary alicyclic amines) is 1. The maximum absolute atomic E-state index is 12.7. The van der Waals surface area contributed by atoms with E-state index >= 15 is 0 Å². The molecule has 2 saturated heterocycles. The molecule has 2 heterocycles. The molecule has 0 aliphatic carbocycles. The number of methoxy groups -OCH3 is 1. The Morgan fingerprint density at radius 1 is 1.24 bits per heavy atom. The maximum atomic E-state index is 12.7. The minimum atomic E-state index is -0.436. The van der Waals surface area contributed by atoms with Crippen LogP contribution >= 0.6 is 34.4 Å². The van der Waals surface area contributed by atoms with Gasteiger partial charge in [0.1, 0.15) is 6.54 Å². The molecule has 3 rings (SSSR count). The monoisotopic (exact) mass is 530 g/mol. The fraction of sp³-hybridized carbons (Fsp3) is 0.450. The van der Waals surface area contributed by atoms with Crippen molar-refractivity contribution in [1.29, 1.82) is 0 Å². The van der Waals surface area contributed by atoms with E-state index in [2.05, 4.69) is 22.6 Å². The van der Waals surface area contributed by atoms with Crippen LogP contribution in [0, 0.1) is 3.57 Å². The normalized spacial score (nSPS) is 18.5. The van der Waals surface area contributed by atoms with Gasteiger partial charge in [0.05, 0.1) is 22.2 Å². The Morgan fingerprint density at radius 2 is 1.97 bits per heavy atom. The van der Waals surface area contributed by atoms with Crippen molar-refractivity contribution >= 4 is 57.5 Å². The van der Waals surface area contributed by atoms with E-state index in [0.717, 1.165) is 45.1 Å². The molecule has 0 bridgehead atoms. The first-order chi connectivity index (χ1) is 13.9. The number of hydrogen-bond donors (Lipinski definition) is 0. The molecule has 0 radical (unpaired) electrons.